The van der Waals surface area contributed by atoms with Gasteiger partial charge in [0.15, 0.2) is 0 Å². The van der Waals surface area contributed by atoms with Crippen molar-refractivity contribution < 1.29 is 9.59 Å². The van der Waals surface area contributed by atoms with E-state index >= 15 is 0 Å². The predicted octanol–water partition coefficient (Wildman–Crippen LogP) is 1.19. The highest BCUT2D eigenvalue weighted by molar-refractivity contribution is 6.03. The average molecular weight is 152 g/mol. The fourth-order valence-electron chi connectivity index (χ4n) is 2.48. The Kier molecular flexibility index (Phi) is 1.11. The van der Waals surface area contributed by atoms with Crippen molar-refractivity contribution >= 4 is 11.6 Å². The lowest BCUT2D eigenvalue weighted by molar-refractivity contribution is -0.138. The van der Waals surface area contributed by atoms with Crippen LogP contribution in [-0.2, 0) is 9.59 Å². The lowest BCUT2D eigenvalue weighted by Gasteiger charge is -2.26. The molecule has 11 heavy (non-hydrogen) atoms. The Morgan fingerprint density at radius 2 is 2.00 bits per heavy atom. The molecule has 2 fully saturated rings. The van der Waals surface area contributed by atoms with Gasteiger partial charge in [0.05, 0.1) is 0 Å². The van der Waals surface area contributed by atoms with Crippen molar-refractivity contribution in [1.29, 1.82) is 0 Å². The molecule has 2 heteroatoms. The first-order valence-electron chi connectivity index (χ1n) is 4.10. The SMILES string of the molecule is CC1(C)C(=O)C2CC(=O)C1C2. The summed E-state index contributed by atoms with van der Waals surface area (Å²) in [5.74, 6) is 0.726. The molecular formula is C9H12O2. The first-order chi connectivity index (χ1) is 5.03. The van der Waals surface area contributed by atoms with Crippen molar-refractivity contribution in [3.05, 3.63) is 0 Å². The second kappa shape index (κ2) is 1.74. The summed E-state index contributed by atoms with van der Waals surface area (Å²) in [7, 11) is 0. The van der Waals surface area contributed by atoms with Crippen molar-refractivity contribution in [2.45, 2.75) is 26.7 Å². The average Bonchev–Trinajstić information content (AvgIpc) is 2.35. The van der Waals surface area contributed by atoms with Crippen molar-refractivity contribution in [3.63, 3.8) is 0 Å². The van der Waals surface area contributed by atoms with E-state index in [0.717, 1.165) is 6.42 Å². The number of ketones is 2. The van der Waals surface area contributed by atoms with Gasteiger partial charge in [0.2, 0.25) is 0 Å². The number of Topliss-reactive ketones (excluding diaryl/α,β-unsaturated/α-hetero) is 2. The molecule has 0 N–H and O–H groups in total. The first-order valence-corrected chi connectivity index (χ1v) is 4.10. The van der Waals surface area contributed by atoms with Crippen LogP contribution in [0.5, 0.6) is 0 Å². The van der Waals surface area contributed by atoms with Crippen LogP contribution < -0.4 is 0 Å². The molecule has 0 heterocycles. The molecule has 2 aliphatic carbocycles. The maximum Gasteiger partial charge on any atom is 0.142 e. The highest BCUT2D eigenvalue weighted by atomic mass is 16.1. The van der Waals surface area contributed by atoms with Crippen LogP contribution >= 0.6 is 0 Å². The van der Waals surface area contributed by atoms with Crippen LogP contribution in [0.2, 0.25) is 0 Å². The van der Waals surface area contributed by atoms with E-state index < -0.39 is 0 Å². The maximum atomic E-state index is 11.5. The molecule has 2 unspecified atom stereocenters. The smallest absolute Gasteiger partial charge is 0.142 e. The highest BCUT2D eigenvalue weighted by Crippen LogP contribution is 2.50. The Labute approximate surface area is 66.0 Å². The Morgan fingerprint density at radius 1 is 1.36 bits per heavy atom. The maximum absolute atomic E-state index is 11.5. The third-order valence-electron chi connectivity index (χ3n) is 3.23. The second-order valence-electron chi connectivity index (χ2n) is 4.24. The summed E-state index contributed by atoms with van der Waals surface area (Å²) in [5, 5.41) is 0. The minimum absolute atomic E-state index is 0.0417. The third-order valence-corrected chi connectivity index (χ3v) is 3.23. The number of hydrogen-bond acceptors (Lipinski definition) is 2. The Hall–Kier alpha value is -0.660. The number of hydrogen-bond donors (Lipinski definition) is 0. The van der Waals surface area contributed by atoms with Crippen LogP contribution in [0.3, 0.4) is 0 Å². The zero-order valence-electron chi connectivity index (χ0n) is 6.89. The molecule has 0 saturated heterocycles. The van der Waals surface area contributed by atoms with Crippen LogP contribution in [0.15, 0.2) is 0 Å². The molecular weight excluding hydrogens is 140 g/mol. The molecule has 0 aliphatic heterocycles. The monoisotopic (exact) mass is 152 g/mol. The summed E-state index contributed by atoms with van der Waals surface area (Å²) in [6, 6.07) is 0. The van der Waals surface area contributed by atoms with E-state index in [1.807, 2.05) is 13.8 Å². The van der Waals surface area contributed by atoms with Crippen LogP contribution in [0.4, 0.5) is 0 Å². The van der Waals surface area contributed by atoms with E-state index in [2.05, 4.69) is 0 Å². The third kappa shape index (κ3) is 0.673. The lowest BCUT2D eigenvalue weighted by atomic mass is 9.75. The largest absolute Gasteiger partial charge is 0.299 e. The van der Waals surface area contributed by atoms with Crippen molar-refractivity contribution in [2.75, 3.05) is 0 Å². The normalized spacial score (nSPS) is 40.2. The van der Waals surface area contributed by atoms with E-state index in [1.165, 1.54) is 0 Å². The van der Waals surface area contributed by atoms with Gasteiger partial charge in [-0.05, 0) is 6.42 Å². The van der Waals surface area contributed by atoms with E-state index in [4.69, 9.17) is 0 Å². The van der Waals surface area contributed by atoms with Gasteiger partial charge in [-0.3, -0.25) is 9.59 Å². The van der Waals surface area contributed by atoms with Crippen molar-refractivity contribution in [2.24, 2.45) is 17.3 Å². The molecule has 2 saturated carbocycles. The fraction of sp³-hybridized carbons (Fsp3) is 0.778. The molecule has 2 nitrogen and oxygen atoms in total. The Morgan fingerprint density at radius 3 is 2.36 bits per heavy atom. The molecule has 2 aliphatic rings. The van der Waals surface area contributed by atoms with Crippen LogP contribution in [-0.4, -0.2) is 11.6 Å². The predicted molar refractivity (Wildman–Crippen MR) is 40.0 cm³/mol. The van der Waals surface area contributed by atoms with Crippen molar-refractivity contribution in [3.8, 4) is 0 Å². The molecule has 2 atom stereocenters. The van der Waals surface area contributed by atoms with Crippen LogP contribution in [0.1, 0.15) is 26.7 Å². The number of carbonyl (C=O) groups excluding carboxylic acids is 2. The van der Waals surface area contributed by atoms with Crippen LogP contribution in [0.25, 0.3) is 0 Å². The summed E-state index contributed by atoms with van der Waals surface area (Å²) in [5.41, 5.74) is -0.347. The van der Waals surface area contributed by atoms with Crippen molar-refractivity contribution in [1.82, 2.24) is 0 Å². The molecule has 0 amide bonds. The second-order valence-corrected chi connectivity index (χ2v) is 4.24. The molecule has 2 rings (SSSR count). The lowest BCUT2D eigenvalue weighted by Crippen LogP contribution is -2.35. The zero-order chi connectivity index (χ0) is 8.22. The number of carbonyl (C=O) groups is 2. The molecule has 2 bridgehead atoms. The summed E-state index contributed by atoms with van der Waals surface area (Å²) < 4.78 is 0. The van der Waals surface area contributed by atoms with E-state index in [-0.39, 0.29) is 17.3 Å². The fourth-order valence-corrected chi connectivity index (χ4v) is 2.48. The number of fused-ring (bicyclic) bond motifs is 2. The van der Waals surface area contributed by atoms with Crippen LogP contribution in [0, 0.1) is 17.3 Å². The summed E-state index contributed by atoms with van der Waals surface area (Å²) in [6.45, 7) is 3.80. The summed E-state index contributed by atoms with van der Waals surface area (Å²) >= 11 is 0. The molecule has 0 aromatic rings. The van der Waals surface area contributed by atoms with Gasteiger partial charge in [-0.1, -0.05) is 13.8 Å². The Bertz CT molecular complexity index is 240. The number of rotatable bonds is 0. The van der Waals surface area contributed by atoms with Gasteiger partial charge in [0.25, 0.3) is 0 Å². The van der Waals surface area contributed by atoms with E-state index in [1.54, 1.807) is 0 Å². The van der Waals surface area contributed by atoms with Gasteiger partial charge >= 0.3 is 0 Å². The van der Waals surface area contributed by atoms with Gasteiger partial charge in [-0.25, -0.2) is 0 Å². The van der Waals surface area contributed by atoms with E-state index in [0.29, 0.717) is 18.0 Å². The molecule has 0 spiro atoms. The highest BCUT2D eigenvalue weighted by Gasteiger charge is 2.56. The minimum atomic E-state index is -0.347. The topological polar surface area (TPSA) is 34.1 Å². The van der Waals surface area contributed by atoms with E-state index in [9.17, 15) is 9.59 Å². The Balaban J connectivity index is 2.41. The standard InChI is InChI=1S/C9H12O2/c1-9(2)6-3-5(8(9)11)4-7(6)10/h5-6H,3-4H2,1-2H3. The van der Waals surface area contributed by atoms with Gasteiger partial charge in [-0.15, -0.1) is 0 Å². The molecule has 60 valence electrons. The first kappa shape index (κ1) is 7.01. The van der Waals surface area contributed by atoms with Gasteiger partial charge < -0.3 is 0 Å². The van der Waals surface area contributed by atoms with Gasteiger partial charge in [-0.2, -0.15) is 0 Å². The zero-order valence-corrected chi connectivity index (χ0v) is 6.89. The van der Waals surface area contributed by atoms with Gasteiger partial charge in [0.1, 0.15) is 11.6 Å². The minimum Gasteiger partial charge on any atom is -0.299 e. The van der Waals surface area contributed by atoms with Gasteiger partial charge in [0, 0.05) is 23.7 Å². The molecule has 0 aromatic carbocycles. The molecule has 0 radical (unpaired) electrons. The summed E-state index contributed by atoms with van der Waals surface area (Å²) in [6.07, 6.45) is 1.34. The summed E-state index contributed by atoms with van der Waals surface area (Å²) in [4.78, 5) is 22.7. The molecule has 0 aromatic heterocycles. The quantitative estimate of drug-likeness (QED) is 0.522.